The molecule has 0 aliphatic heterocycles. The van der Waals surface area contributed by atoms with Gasteiger partial charge in [-0.1, -0.05) is 127 Å². The standard InChI is InChI=1S/C29H23P/c1-22-19-20-29(28(21-22)27-18-10-12-23-11-8-9-17-26(23)27)30(24-13-4-2-5-14-24)25-15-6-3-7-16-25/h2-21H,1H3. The van der Waals surface area contributed by atoms with E-state index in [1.807, 2.05) is 0 Å². The SMILES string of the molecule is Cc1ccc(P(c2ccccc2)c2ccccc2)c(-c2cccc3ccccc23)c1. The van der Waals surface area contributed by atoms with Crippen molar-refractivity contribution in [1.29, 1.82) is 0 Å². The predicted molar refractivity (Wildman–Crippen MR) is 133 cm³/mol. The van der Waals surface area contributed by atoms with E-state index >= 15 is 0 Å². The smallest absolute Gasteiger partial charge is 0.00722 e. The highest BCUT2D eigenvalue weighted by Crippen LogP contribution is 2.39. The van der Waals surface area contributed by atoms with E-state index in [1.54, 1.807) is 0 Å². The van der Waals surface area contributed by atoms with Crippen molar-refractivity contribution in [2.75, 3.05) is 0 Å². The Morgan fingerprint density at radius 1 is 0.500 bits per heavy atom. The van der Waals surface area contributed by atoms with Crippen LogP contribution in [0.5, 0.6) is 0 Å². The fourth-order valence-electron chi connectivity index (χ4n) is 4.10. The van der Waals surface area contributed by atoms with Crippen LogP contribution in [0.2, 0.25) is 0 Å². The summed E-state index contributed by atoms with van der Waals surface area (Å²) < 4.78 is 0. The summed E-state index contributed by atoms with van der Waals surface area (Å²) >= 11 is 0. The lowest BCUT2D eigenvalue weighted by Crippen LogP contribution is -2.22. The maximum absolute atomic E-state index is 2.36. The van der Waals surface area contributed by atoms with Gasteiger partial charge in [0, 0.05) is 0 Å². The lowest BCUT2D eigenvalue weighted by atomic mass is 9.97. The number of hydrogen-bond donors (Lipinski definition) is 0. The van der Waals surface area contributed by atoms with Gasteiger partial charge in [0.05, 0.1) is 0 Å². The molecule has 0 aliphatic carbocycles. The zero-order valence-corrected chi connectivity index (χ0v) is 17.9. The number of hydrogen-bond acceptors (Lipinski definition) is 0. The second-order valence-corrected chi connectivity index (χ2v) is 9.74. The Hall–Kier alpha value is -3.21. The second kappa shape index (κ2) is 8.27. The molecule has 5 rings (SSSR count). The first-order valence-electron chi connectivity index (χ1n) is 10.3. The zero-order valence-electron chi connectivity index (χ0n) is 17.0. The number of fused-ring (bicyclic) bond motifs is 1. The van der Waals surface area contributed by atoms with E-state index < -0.39 is 7.92 Å². The summed E-state index contributed by atoms with van der Waals surface area (Å²) in [5.41, 5.74) is 3.94. The molecule has 0 aromatic heterocycles. The Balaban J connectivity index is 1.80. The minimum absolute atomic E-state index is 0.658. The Bertz CT molecular complexity index is 1250. The first-order valence-corrected chi connectivity index (χ1v) is 11.6. The highest BCUT2D eigenvalue weighted by molar-refractivity contribution is 7.80. The molecule has 0 saturated carbocycles. The van der Waals surface area contributed by atoms with Crippen molar-refractivity contribution in [3.8, 4) is 11.1 Å². The van der Waals surface area contributed by atoms with Crippen LogP contribution < -0.4 is 15.9 Å². The monoisotopic (exact) mass is 402 g/mol. The normalized spacial score (nSPS) is 11.1. The van der Waals surface area contributed by atoms with Gasteiger partial charge in [0.1, 0.15) is 0 Å². The Morgan fingerprint density at radius 3 is 1.80 bits per heavy atom. The van der Waals surface area contributed by atoms with Gasteiger partial charge in [-0.05, 0) is 52.7 Å². The van der Waals surface area contributed by atoms with E-state index in [1.165, 1.54) is 43.4 Å². The van der Waals surface area contributed by atoms with Crippen molar-refractivity contribution in [1.82, 2.24) is 0 Å². The van der Waals surface area contributed by atoms with Crippen LogP contribution in [0.25, 0.3) is 21.9 Å². The van der Waals surface area contributed by atoms with E-state index in [-0.39, 0.29) is 0 Å². The van der Waals surface area contributed by atoms with Gasteiger partial charge in [0.2, 0.25) is 0 Å². The van der Waals surface area contributed by atoms with Gasteiger partial charge in [-0.3, -0.25) is 0 Å². The predicted octanol–water partition coefficient (Wildman–Crippen LogP) is 6.57. The average molecular weight is 402 g/mol. The van der Waals surface area contributed by atoms with Gasteiger partial charge in [-0.2, -0.15) is 0 Å². The van der Waals surface area contributed by atoms with Crippen LogP contribution >= 0.6 is 7.92 Å². The summed E-state index contributed by atoms with van der Waals surface area (Å²) in [5, 5.41) is 6.76. The molecule has 0 radical (unpaired) electrons. The lowest BCUT2D eigenvalue weighted by molar-refractivity contribution is 1.49. The van der Waals surface area contributed by atoms with E-state index in [2.05, 4.69) is 128 Å². The molecule has 0 nitrogen and oxygen atoms in total. The molecule has 0 heterocycles. The van der Waals surface area contributed by atoms with Crippen LogP contribution in [0.15, 0.2) is 121 Å². The van der Waals surface area contributed by atoms with Crippen molar-refractivity contribution < 1.29 is 0 Å². The molecule has 0 spiro atoms. The molecular formula is C29H23P. The van der Waals surface area contributed by atoms with Gasteiger partial charge < -0.3 is 0 Å². The highest BCUT2D eigenvalue weighted by atomic mass is 31.1. The Morgan fingerprint density at radius 2 is 1.10 bits per heavy atom. The van der Waals surface area contributed by atoms with Crippen molar-refractivity contribution in [3.05, 3.63) is 127 Å². The molecule has 0 bridgehead atoms. The van der Waals surface area contributed by atoms with Gasteiger partial charge in [-0.15, -0.1) is 0 Å². The number of rotatable bonds is 4. The molecule has 1 heteroatoms. The van der Waals surface area contributed by atoms with Gasteiger partial charge in [0.25, 0.3) is 0 Å². The van der Waals surface area contributed by atoms with Crippen LogP contribution in [0.3, 0.4) is 0 Å². The first-order chi connectivity index (χ1) is 14.8. The van der Waals surface area contributed by atoms with E-state index in [0.717, 1.165) is 0 Å². The van der Waals surface area contributed by atoms with E-state index in [9.17, 15) is 0 Å². The quantitative estimate of drug-likeness (QED) is 0.298. The lowest BCUT2D eigenvalue weighted by Gasteiger charge is -2.23. The molecule has 0 unspecified atom stereocenters. The zero-order chi connectivity index (χ0) is 20.3. The third-order valence-corrected chi connectivity index (χ3v) is 8.00. The molecule has 0 atom stereocenters. The molecule has 0 saturated heterocycles. The summed E-state index contributed by atoms with van der Waals surface area (Å²) in [4.78, 5) is 0. The largest absolute Gasteiger partial charge is 0.0622 e. The highest BCUT2D eigenvalue weighted by Gasteiger charge is 2.21. The van der Waals surface area contributed by atoms with Crippen LogP contribution in [-0.2, 0) is 0 Å². The third-order valence-electron chi connectivity index (χ3n) is 5.50. The molecule has 30 heavy (non-hydrogen) atoms. The van der Waals surface area contributed by atoms with Crippen molar-refractivity contribution in [2.45, 2.75) is 6.92 Å². The maximum Gasteiger partial charge on any atom is -0.00722 e. The van der Waals surface area contributed by atoms with Crippen LogP contribution in [0.4, 0.5) is 0 Å². The summed E-state index contributed by atoms with van der Waals surface area (Å²) in [6.07, 6.45) is 0. The maximum atomic E-state index is 2.36. The molecular weight excluding hydrogens is 379 g/mol. The van der Waals surface area contributed by atoms with Gasteiger partial charge >= 0.3 is 0 Å². The van der Waals surface area contributed by atoms with Gasteiger partial charge in [0.15, 0.2) is 0 Å². The number of benzene rings is 5. The average Bonchev–Trinajstić information content (AvgIpc) is 2.81. The molecule has 5 aromatic carbocycles. The van der Waals surface area contributed by atoms with E-state index in [4.69, 9.17) is 0 Å². The fraction of sp³-hybridized carbons (Fsp3) is 0.0345. The van der Waals surface area contributed by atoms with Crippen LogP contribution in [0, 0.1) is 6.92 Å². The molecule has 0 aliphatic rings. The van der Waals surface area contributed by atoms with Gasteiger partial charge in [-0.25, -0.2) is 0 Å². The molecule has 0 amide bonds. The molecule has 5 aromatic rings. The fourth-order valence-corrected chi connectivity index (χ4v) is 6.55. The summed E-state index contributed by atoms with van der Waals surface area (Å²) in [6.45, 7) is 2.19. The van der Waals surface area contributed by atoms with E-state index in [0.29, 0.717) is 0 Å². The van der Waals surface area contributed by atoms with Crippen molar-refractivity contribution >= 4 is 34.6 Å². The van der Waals surface area contributed by atoms with Crippen LogP contribution in [-0.4, -0.2) is 0 Å². The molecule has 144 valence electrons. The minimum atomic E-state index is -0.658. The second-order valence-electron chi connectivity index (χ2n) is 7.55. The number of aryl methyl sites for hydroxylation is 1. The summed E-state index contributed by atoms with van der Waals surface area (Å²) in [6, 6.07) is 44.2. The third kappa shape index (κ3) is 3.56. The molecule has 0 N–H and O–H groups in total. The summed E-state index contributed by atoms with van der Waals surface area (Å²) in [7, 11) is -0.658. The Kier molecular flexibility index (Phi) is 5.18. The minimum Gasteiger partial charge on any atom is -0.0622 e. The Labute approximate surface area is 179 Å². The first kappa shape index (κ1) is 18.8. The molecule has 0 fully saturated rings. The topological polar surface area (TPSA) is 0 Å². The van der Waals surface area contributed by atoms with Crippen LogP contribution in [0.1, 0.15) is 5.56 Å². The van der Waals surface area contributed by atoms with Crippen molar-refractivity contribution in [2.24, 2.45) is 0 Å². The summed E-state index contributed by atoms with van der Waals surface area (Å²) in [5.74, 6) is 0. The van der Waals surface area contributed by atoms with Crippen molar-refractivity contribution in [3.63, 3.8) is 0 Å².